The Kier molecular flexibility index (Phi) is 6.66. The standard InChI is InChI=1S/C17H27FN2O/c1-12(2)7-9-20(10-8-13(3)4)17(21)15-11-14(18)5-6-16(15)19/h5-6,11-13H,7-10,19H2,1-4H3. The van der Waals surface area contributed by atoms with E-state index < -0.39 is 5.82 Å². The highest BCUT2D eigenvalue weighted by atomic mass is 19.1. The Labute approximate surface area is 127 Å². The van der Waals surface area contributed by atoms with E-state index in [9.17, 15) is 9.18 Å². The molecule has 0 fully saturated rings. The third-order valence-corrected chi connectivity index (χ3v) is 3.49. The lowest BCUT2D eigenvalue weighted by atomic mass is 10.1. The first kappa shape index (κ1) is 17.5. The molecule has 0 aliphatic carbocycles. The lowest BCUT2D eigenvalue weighted by Crippen LogP contribution is -2.34. The fourth-order valence-corrected chi connectivity index (χ4v) is 2.03. The minimum absolute atomic E-state index is 0.173. The van der Waals surface area contributed by atoms with Gasteiger partial charge in [-0.05, 0) is 42.9 Å². The van der Waals surface area contributed by atoms with Crippen LogP contribution >= 0.6 is 0 Å². The van der Waals surface area contributed by atoms with Crippen molar-refractivity contribution in [1.29, 1.82) is 0 Å². The van der Waals surface area contributed by atoms with E-state index in [1.165, 1.54) is 18.2 Å². The molecule has 4 heteroatoms. The zero-order valence-electron chi connectivity index (χ0n) is 13.5. The van der Waals surface area contributed by atoms with Gasteiger partial charge in [-0.25, -0.2) is 4.39 Å². The molecule has 21 heavy (non-hydrogen) atoms. The number of anilines is 1. The van der Waals surface area contributed by atoms with Gasteiger partial charge in [0, 0.05) is 18.8 Å². The fourth-order valence-electron chi connectivity index (χ4n) is 2.03. The van der Waals surface area contributed by atoms with Gasteiger partial charge in [0.25, 0.3) is 5.91 Å². The predicted octanol–water partition coefficient (Wildman–Crippen LogP) is 3.94. The molecular weight excluding hydrogens is 267 g/mol. The number of amides is 1. The van der Waals surface area contributed by atoms with Crippen molar-refractivity contribution in [1.82, 2.24) is 4.90 Å². The monoisotopic (exact) mass is 294 g/mol. The summed E-state index contributed by atoms with van der Waals surface area (Å²) in [6, 6.07) is 3.96. The number of nitrogens with two attached hydrogens (primary N) is 1. The summed E-state index contributed by atoms with van der Waals surface area (Å²) in [6.07, 6.45) is 1.86. The van der Waals surface area contributed by atoms with Crippen LogP contribution in [0.15, 0.2) is 18.2 Å². The van der Waals surface area contributed by atoms with Gasteiger partial charge in [-0.1, -0.05) is 27.7 Å². The van der Waals surface area contributed by atoms with E-state index in [2.05, 4.69) is 27.7 Å². The minimum Gasteiger partial charge on any atom is -0.398 e. The van der Waals surface area contributed by atoms with Gasteiger partial charge in [-0.3, -0.25) is 4.79 Å². The van der Waals surface area contributed by atoms with Crippen molar-refractivity contribution < 1.29 is 9.18 Å². The van der Waals surface area contributed by atoms with Crippen LogP contribution in [-0.4, -0.2) is 23.9 Å². The topological polar surface area (TPSA) is 46.3 Å². The first-order chi connectivity index (χ1) is 9.81. The first-order valence-corrected chi connectivity index (χ1v) is 7.65. The van der Waals surface area contributed by atoms with E-state index in [0.717, 1.165) is 12.8 Å². The maximum Gasteiger partial charge on any atom is 0.256 e. The molecule has 118 valence electrons. The second-order valence-corrected chi connectivity index (χ2v) is 6.39. The predicted molar refractivity (Wildman–Crippen MR) is 85.6 cm³/mol. The van der Waals surface area contributed by atoms with E-state index >= 15 is 0 Å². The Hall–Kier alpha value is -1.58. The van der Waals surface area contributed by atoms with Gasteiger partial charge >= 0.3 is 0 Å². The van der Waals surface area contributed by atoms with Gasteiger partial charge in [0.1, 0.15) is 5.82 Å². The molecule has 0 saturated carbocycles. The second kappa shape index (κ2) is 8.01. The third-order valence-electron chi connectivity index (χ3n) is 3.49. The highest BCUT2D eigenvalue weighted by Gasteiger charge is 2.19. The van der Waals surface area contributed by atoms with Gasteiger partial charge in [0.2, 0.25) is 0 Å². The maximum atomic E-state index is 13.4. The SMILES string of the molecule is CC(C)CCN(CCC(C)C)C(=O)c1cc(F)ccc1N. The molecule has 0 aliphatic rings. The maximum absolute atomic E-state index is 13.4. The van der Waals surface area contributed by atoms with Gasteiger partial charge in [-0.15, -0.1) is 0 Å². The summed E-state index contributed by atoms with van der Waals surface area (Å²) in [7, 11) is 0. The molecule has 0 radical (unpaired) electrons. The summed E-state index contributed by atoms with van der Waals surface area (Å²) in [5, 5.41) is 0. The smallest absolute Gasteiger partial charge is 0.256 e. The normalized spacial score (nSPS) is 11.2. The van der Waals surface area contributed by atoms with Gasteiger partial charge in [0.15, 0.2) is 0 Å². The third kappa shape index (κ3) is 5.74. The zero-order chi connectivity index (χ0) is 16.0. The van der Waals surface area contributed by atoms with Crippen LogP contribution in [0.2, 0.25) is 0 Å². The van der Waals surface area contributed by atoms with Crippen LogP contribution in [-0.2, 0) is 0 Å². The summed E-state index contributed by atoms with van der Waals surface area (Å²) in [4.78, 5) is 14.4. The van der Waals surface area contributed by atoms with Gasteiger partial charge in [0.05, 0.1) is 5.56 Å². The van der Waals surface area contributed by atoms with Crippen molar-refractivity contribution in [3.63, 3.8) is 0 Å². The average molecular weight is 294 g/mol. The highest BCUT2D eigenvalue weighted by molar-refractivity contribution is 5.99. The molecule has 0 unspecified atom stereocenters. The number of nitrogen functional groups attached to an aromatic ring is 1. The lowest BCUT2D eigenvalue weighted by Gasteiger charge is -2.25. The number of halogens is 1. The molecule has 0 aliphatic heterocycles. The van der Waals surface area contributed by atoms with Crippen LogP contribution in [0.25, 0.3) is 0 Å². The van der Waals surface area contributed by atoms with Crippen LogP contribution in [0, 0.1) is 17.7 Å². The van der Waals surface area contributed by atoms with Crippen molar-refractivity contribution in [3.05, 3.63) is 29.6 Å². The van der Waals surface area contributed by atoms with Crippen LogP contribution in [0.5, 0.6) is 0 Å². The molecule has 3 nitrogen and oxygen atoms in total. The summed E-state index contributed by atoms with van der Waals surface area (Å²) in [5.74, 6) is 0.432. The van der Waals surface area contributed by atoms with Crippen LogP contribution in [0.3, 0.4) is 0 Å². The van der Waals surface area contributed by atoms with E-state index in [-0.39, 0.29) is 11.5 Å². The summed E-state index contributed by atoms with van der Waals surface area (Å²) >= 11 is 0. The lowest BCUT2D eigenvalue weighted by molar-refractivity contribution is 0.0741. The molecule has 0 aromatic heterocycles. The van der Waals surface area contributed by atoms with E-state index in [0.29, 0.717) is 30.6 Å². The molecule has 0 heterocycles. The number of carbonyl (C=O) groups is 1. The van der Waals surface area contributed by atoms with Crippen molar-refractivity contribution in [2.75, 3.05) is 18.8 Å². The quantitative estimate of drug-likeness (QED) is 0.774. The summed E-state index contributed by atoms with van der Waals surface area (Å²) < 4.78 is 13.4. The number of nitrogens with zero attached hydrogens (tertiary/aromatic N) is 1. The molecule has 0 atom stereocenters. The molecule has 0 bridgehead atoms. The highest BCUT2D eigenvalue weighted by Crippen LogP contribution is 2.17. The molecular formula is C17H27FN2O. The number of carbonyl (C=O) groups excluding carboxylic acids is 1. The van der Waals surface area contributed by atoms with E-state index in [1.54, 1.807) is 4.90 Å². The number of benzene rings is 1. The Morgan fingerprint density at radius 1 is 1.14 bits per heavy atom. The second-order valence-electron chi connectivity index (χ2n) is 6.39. The molecule has 0 spiro atoms. The fraction of sp³-hybridized carbons (Fsp3) is 0.588. The molecule has 1 aromatic rings. The Morgan fingerprint density at radius 2 is 1.67 bits per heavy atom. The Balaban J connectivity index is 2.89. The molecule has 1 aromatic carbocycles. The first-order valence-electron chi connectivity index (χ1n) is 7.65. The van der Waals surface area contributed by atoms with E-state index in [1.807, 2.05) is 0 Å². The number of hydrogen-bond donors (Lipinski definition) is 1. The minimum atomic E-state index is -0.430. The Bertz CT molecular complexity index is 460. The van der Waals surface area contributed by atoms with Crippen molar-refractivity contribution in [2.24, 2.45) is 11.8 Å². The van der Waals surface area contributed by atoms with Crippen LogP contribution < -0.4 is 5.73 Å². The summed E-state index contributed by atoms with van der Waals surface area (Å²) in [5.41, 5.74) is 6.43. The van der Waals surface area contributed by atoms with Gasteiger partial charge in [-0.2, -0.15) is 0 Å². The van der Waals surface area contributed by atoms with Crippen LogP contribution in [0.1, 0.15) is 50.9 Å². The van der Waals surface area contributed by atoms with Crippen molar-refractivity contribution in [3.8, 4) is 0 Å². The molecule has 1 amide bonds. The van der Waals surface area contributed by atoms with Gasteiger partial charge < -0.3 is 10.6 Å². The summed E-state index contributed by atoms with van der Waals surface area (Å²) in [6.45, 7) is 9.87. The zero-order valence-corrected chi connectivity index (χ0v) is 13.5. The molecule has 2 N–H and O–H groups in total. The number of hydrogen-bond acceptors (Lipinski definition) is 2. The molecule has 1 rings (SSSR count). The van der Waals surface area contributed by atoms with E-state index in [4.69, 9.17) is 5.73 Å². The number of rotatable bonds is 7. The Morgan fingerprint density at radius 3 is 2.14 bits per heavy atom. The average Bonchev–Trinajstić information content (AvgIpc) is 2.40. The van der Waals surface area contributed by atoms with Crippen molar-refractivity contribution in [2.45, 2.75) is 40.5 Å². The van der Waals surface area contributed by atoms with Crippen LogP contribution in [0.4, 0.5) is 10.1 Å². The molecule has 0 saturated heterocycles. The van der Waals surface area contributed by atoms with Crippen molar-refractivity contribution >= 4 is 11.6 Å². The largest absolute Gasteiger partial charge is 0.398 e.